The first kappa shape index (κ1) is 17.6. The molecule has 4 rings (SSSR count). The van der Waals surface area contributed by atoms with Crippen LogP contribution in [0.2, 0.25) is 0 Å². The summed E-state index contributed by atoms with van der Waals surface area (Å²) in [6, 6.07) is 5.60. The summed E-state index contributed by atoms with van der Waals surface area (Å²) in [6.45, 7) is 4.35. The van der Waals surface area contributed by atoms with Crippen molar-refractivity contribution < 1.29 is 23.8 Å². The second-order valence-electron chi connectivity index (χ2n) is 7.01. The van der Waals surface area contributed by atoms with E-state index in [1.807, 2.05) is 32.0 Å². The summed E-state index contributed by atoms with van der Waals surface area (Å²) in [4.78, 5) is 25.7. The fourth-order valence-electron chi connectivity index (χ4n) is 3.95. The third kappa shape index (κ3) is 3.09. The van der Waals surface area contributed by atoms with Crippen molar-refractivity contribution in [1.29, 1.82) is 0 Å². The van der Waals surface area contributed by atoms with Crippen LogP contribution in [0.4, 0.5) is 0 Å². The number of ketones is 1. The Balaban J connectivity index is 1.82. The molecule has 0 fully saturated rings. The molecule has 1 atom stereocenters. The van der Waals surface area contributed by atoms with E-state index in [0.29, 0.717) is 35.7 Å². The van der Waals surface area contributed by atoms with Gasteiger partial charge >= 0.3 is 5.97 Å². The molecule has 6 heteroatoms. The molecule has 1 aromatic rings. The van der Waals surface area contributed by atoms with Gasteiger partial charge in [0, 0.05) is 29.3 Å². The summed E-state index contributed by atoms with van der Waals surface area (Å²) < 4.78 is 16.3. The zero-order valence-corrected chi connectivity index (χ0v) is 15.6. The third-order valence-corrected chi connectivity index (χ3v) is 5.16. The van der Waals surface area contributed by atoms with Crippen LogP contribution in [0.15, 0.2) is 40.7 Å². The maximum Gasteiger partial charge on any atom is 0.336 e. The first-order chi connectivity index (χ1) is 13.1. The summed E-state index contributed by atoms with van der Waals surface area (Å²) in [5, 5.41) is 3.29. The molecule has 142 valence electrons. The van der Waals surface area contributed by atoms with Crippen molar-refractivity contribution in [2.45, 2.75) is 45.4 Å². The summed E-state index contributed by atoms with van der Waals surface area (Å²) in [5.74, 6) is 0.560. The van der Waals surface area contributed by atoms with E-state index >= 15 is 0 Å². The molecule has 0 saturated heterocycles. The van der Waals surface area contributed by atoms with Crippen LogP contribution in [0.3, 0.4) is 0 Å². The van der Waals surface area contributed by atoms with E-state index in [-0.39, 0.29) is 18.5 Å². The van der Waals surface area contributed by atoms with Crippen molar-refractivity contribution in [3.05, 3.63) is 46.3 Å². The van der Waals surface area contributed by atoms with Crippen molar-refractivity contribution in [2.24, 2.45) is 0 Å². The van der Waals surface area contributed by atoms with Gasteiger partial charge in [-0.2, -0.15) is 0 Å². The number of fused-ring (bicyclic) bond motifs is 1. The van der Waals surface area contributed by atoms with Crippen molar-refractivity contribution in [2.75, 3.05) is 13.4 Å². The van der Waals surface area contributed by atoms with Crippen LogP contribution in [0.5, 0.6) is 11.5 Å². The van der Waals surface area contributed by atoms with Crippen LogP contribution >= 0.6 is 0 Å². The van der Waals surface area contributed by atoms with Crippen LogP contribution < -0.4 is 14.8 Å². The smallest absolute Gasteiger partial charge is 0.336 e. The number of hydrogen-bond acceptors (Lipinski definition) is 6. The molecule has 6 nitrogen and oxygen atoms in total. The first-order valence-electron chi connectivity index (χ1n) is 9.40. The van der Waals surface area contributed by atoms with Gasteiger partial charge in [0.25, 0.3) is 0 Å². The standard InChI is InChI=1S/C21H23NO5/c1-3-9-25-21(24)18-12(2)22-14-5-4-6-15(23)20(14)19(18)13-7-8-16-17(10-13)27-11-26-16/h7-8,10,19,22H,3-6,9,11H2,1-2H3/t19-/m1/s1. The van der Waals surface area contributed by atoms with Crippen LogP contribution in [-0.4, -0.2) is 25.2 Å². The highest BCUT2D eigenvalue weighted by molar-refractivity contribution is 6.03. The maximum atomic E-state index is 12.9. The molecule has 0 radical (unpaired) electrons. The summed E-state index contributed by atoms with van der Waals surface area (Å²) >= 11 is 0. The van der Waals surface area contributed by atoms with Gasteiger partial charge in [0.05, 0.1) is 12.2 Å². The molecule has 2 heterocycles. The Morgan fingerprint density at radius 1 is 1.26 bits per heavy atom. The van der Waals surface area contributed by atoms with Crippen molar-refractivity contribution in [3.63, 3.8) is 0 Å². The number of esters is 1. The van der Waals surface area contributed by atoms with E-state index in [1.54, 1.807) is 0 Å². The molecule has 0 aromatic heterocycles. The fraction of sp³-hybridized carbons (Fsp3) is 0.429. The largest absolute Gasteiger partial charge is 0.462 e. The minimum atomic E-state index is -0.451. The van der Waals surface area contributed by atoms with Crippen molar-refractivity contribution in [1.82, 2.24) is 5.32 Å². The highest BCUT2D eigenvalue weighted by atomic mass is 16.7. The average Bonchev–Trinajstić information content (AvgIpc) is 3.13. The van der Waals surface area contributed by atoms with Gasteiger partial charge in [-0.25, -0.2) is 4.79 Å². The van der Waals surface area contributed by atoms with Gasteiger partial charge in [0.1, 0.15) is 0 Å². The lowest BCUT2D eigenvalue weighted by molar-refractivity contribution is -0.139. The Morgan fingerprint density at radius 2 is 2.07 bits per heavy atom. The third-order valence-electron chi connectivity index (χ3n) is 5.16. The second-order valence-corrected chi connectivity index (χ2v) is 7.01. The van der Waals surface area contributed by atoms with Crippen molar-refractivity contribution >= 4 is 11.8 Å². The first-order valence-corrected chi connectivity index (χ1v) is 9.40. The number of rotatable bonds is 4. The number of carbonyl (C=O) groups excluding carboxylic acids is 2. The minimum Gasteiger partial charge on any atom is -0.462 e. The quantitative estimate of drug-likeness (QED) is 0.821. The Kier molecular flexibility index (Phi) is 4.64. The van der Waals surface area contributed by atoms with Gasteiger partial charge in [-0.3, -0.25) is 4.79 Å². The SMILES string of the molecule is CCCOC(=O)C1=C(C)NC2=C(C(=O)CCC2)[C@@H]1c1ccc2c(c1)OCO2. The van der Waals surface area contributed by atoms with Crippen LogP contribution in [0.25, 0.3) is 0 Å². The van der Waals surface area contributed by atoms with Gasteiger partial charge in [-0.05, 0) is 43.9 Å². The predicted octanol–water partition coefficient (Wildman–Crippen LogP) is 3.34. The Labute approximate surface area is 158 Å². The lowest BCUT2D eigenvalue weighted by Gasteiger charge is -2.34. The number of nitrogens with one attached hydrogen (secondary N) is 1. The maximum absolute atomic E-state index is 12.9. The lowest BCUT2D eigenvalue weighted by atomic mass is 9.75. The van der Waals surface area contributed by atoms with E-state index in [4.69, 9.17) is 14.2 Å². The van der Waals surface area contributed by atoms with E-state index in [0.717, 1.165) is 36.2 Å². The topological polar surface area (TPSA) is 73.9 Å². The Morgan fingerprint density at radius 3 is 2.89 bits per heavy atom. The number of ether oxygens (including phenoxy) is 3. The fourth-order valence-corrected chi connectivity index (χ4v) is 3.95. The molecule has 0 unspecified atom stereocenters. The molecule has 27 heavy (non-hydrogen) atoms. The van der Waals surface area contributed by atoms with E-state index in [1.165, 1.54) is 0 Å². The monoisotopic (exact) mass is 369 g/mol. The normalized spacial score (nSPS) is 21.1. The molecular formula is C21H23NO5. The zero-order chi connectivity index (χ0) is 19.0. The van der Waals surface area contributed by atoms with Gasteiger partial charge in [0.15, 0.2) is 17.3 Å². The molecule has 0 saturated carbocycles. The predicted molar refractivity (Wildman–Crippen MR) is 98.3 cm³/mol. The van der Waals surface area contributed by atoms with E-state index < -0.39 is 5.92 Å². The molecule has 1 N–H and O–H groups in total. The second kappa shape index (κ2) is 7.10. The summed E-state index contributed by atoms with van der Waals surface area (Å²) in [7, 11) is 0. The molecule has 2 aliphatic heterocycles. The summed E-state index contributed by atoms with van der Waals surface area (Å²) in [6.07, 6.45) is 2.86. The molecule has 3 aliphatic rings. The number of hydrogen-bond donors (Lipinski definition) is 1. The van der Waals surface area contributed by atoms with E-state index in [9.17, 15) is 9.59 Å². The van der Waals surface area contributed by atoms with Crippen molar-refractivity contribution in [3.8, 4) is 11.5 Å². The Hall–Kier alpha value is -2.76. The number of Topliss-reactive ketones (excluding diaryl/α,β-unsaturated/α-hetero) is 1. The summed E-state index contributed by atoms with van der Waals surface area (Å²) in [5.41, 5.74) is 3.67. The highest BCUT2D eigenvalue weighted by Gasteiger charge is 2.39. The minimum absolute atomic E-state index is 0.0831. The lowest BCUT2D eigenvalue weighted by Crippen LogP contribution is -2.34. The number of benzene rings is 1. The molecule has 1 aliphatic carbocycles. The zero-order valence-electron chi connectivity index (χ0n) is 15.6. The van der Waals surface area contributed by atoms with Gasteiger partial charge in [0.2, 0.25) is 6.79 Å². The average molecular weight is 369 g/mol. The van der Waals surface area contributed by atoms with Gasteiger partial charge in [-0.15, -0.1) is 0 Å². The van der Waals surface area contributed by atoms with E-state index in [2.05, 4.69) is 5.32 Å². The van der Waals surface area contributed by atoms with Crippen LogP contribution in [0, 0.1) is 0 Å². The molecule has 0 amide bonds. The van der Waals surface area contributed by atoms with Gasteiger partial charge in [-0.1, -0.05) is 13.0 Å². The molecule has 1 aromatic carbocycles. The van der Waals surface area contributed by atoms with Crippen LogP contribution in [0.1, 0.15) is 51.0 Å². The highest BCUT2D eigenvalue weighted by Crippen LogP contribution is 2.45. The number of dihydropyridines is 1. The number of carbonyl (C=O) groups is 2. The Bertz CT molecular complexity index is 867. The molecular weight excluding hydrogens is 346 g/mol. The molecule has 0 bridgehead atoms. The molecule has 0 spiro atoms. The van der Waals surface area contributed by atoms with Crippen LogP contribution in [-0.2, 0) is 14.3 Å². The van der Waals surface area contributed by atoms with Gasteiger partial charge < -0.3 is 19.5 Å². The number of allylic oxidation sites excluding steroid dienone is 3.